The molecule has 5 heteroatoms. The summed E-state index contributed by atoms with van der Waals surface area (Å²) in [6.07, 6.45) is 2.90. The van der Waals surface area contributed by atoms with E-state index in [2.05, 4.69) is 211 Å². The fraction of sp³-hybridized carbons (Fsp3) is 0.113. The molecule has 1 aliphatic heterocycles. The molecule has 0 saturated carbocycles. The molecule has 0 saturated heterocycles. The van der Waals surface area contributed by atoms with Crippen LogP contribution in [0.2, 0.25) is 0 Å². The number of hydrogen-bond acceptors (Lipinski definition) is 4. The molecule has 5 nitrogen and oxygen atoms in total. The zero-order valence-electron chi connectivity index (χ0n) is 33.0. The SMILES string of the molecule is CC(C)(C)Cc1ccnc(-n2c3ccccc3c3ccc(Oc4cccc(N5CN(c6c(-c7ccccc7)cccc6-c6ccccc6)c6ccccc65)c4)cc32)c1. The van der Waals surface area contributed by atoms with E-state index in [0.29, 0.717) is 6.67 Å². The topological polar surface area (TPSA) is 33.5 Å². The number of anilines is 4. The zero-order valence-corrected chi connectivity index (χ0v) is 33.0. The van der Waals surface area contributed by atoms with Crippen LogP contribution >= 0.6 is 0 Å². The number of rotatable bonds is 8. The minimum Gasteiger partial charge on any atom is -0.457 e. The molecule has 0 N–H and O–H groups in total. The van der Waals surface area contributed by atoms with Crippen LogP contribution in [0.5, 0.6) is 11.5 Å². The lowest BCUT2D eigenvalue weighted by atomic mass is 9.88. The second kappa shape index (κ2) is 14.4. The van der Waals surface area contributed by atoms with Crippen LogP contribution < -0.4 is 14.5 Å². The number of aromatic nitrogens is 2. The number of para-hydroxylation sites is 4. The maximum absolute atomic E-state index is 6.74. The summed E-state index contributed by atoms with van der Waals surface area (Å²) in [6.45, 7) is 7.46. The van der Waals surface area contributed by atoms with Crippen LogP contribution in [0.4, 0.5) is 22.7 Å². The Bertz CT molecular complexity index is 2870. The molecule has 282 valence electrons. The standard InChI is InChI=1S/C53H44N4O/c1-53(2,3)35-37-30-31-54-51(32-37)57-47-25-11-10-22-45(47)46-29-28-42(34-50(46)57)58-41-21-14-20-40(33-41)55-36-56(49-27-13-12-26-48(49)55)52-43(38-16-6-4-7-17-38)23-15-24-44(52)39-18-8-5-9-19-39/h4-34H,35-36H2,1-3H3. The third kappa shape index (κ3) is 6.54. The first-order valence-corrected chi connectivity index (χ1v) is 20.0. The first kappa shape index (κ1) is 35.3. The first-order valence-electron chi connectivity index (χ1n) is 20.0. The van der Waals surface area contributed by atoms with Crippen LogP contribution in [-0.2, 0) is 6.42 Å². The quantitative estimate of drug-likeness (QED) is 0.155. The number of ether oxygens (including phenoxy) is 1. The molecule has 0 bridgehead atoms. The third-order valence-corrected chi connectivity index (χ3v) is 11.0. The number of benzene rings is 7. The summed E-state index contributed by atoms with van der Waals surface area (Å²) in [4.78, 5) is 9.73. The van der Waals surface area contributed by atoms with Gasteiger partial charge < -0.3 is 14.5 Å². The molecule has 0 spiro atoms. The molecule has 0 unspecified atom stereocenters. The van der Waals surface area contributed by atoms with Gasteiger partial charge in [-0.1, -0.05) is 136 Å². The first-order chi connectivity index (χ1) is 28.4. The van der Waals surface area contributed by atoms with Crippen LogP contribution in [0.15, 0.2) is 188 Å². The lowest BCUT2D eigenvalue weighted by molar-refractivity contribution is 0.411. The molecule has 58 heavy (non-hydrogen) atoms. The van der Waals surface area contributed by atoms with Crippen molar-refractivity contribution in [2.45, 2.75) is 27.2 Å². The molecule has 0 atom stereocenters. The second-order valence-electron chi connectivity index (χ2n) is 16.3. The van der Waals surface area contributed by atoms with Gasteiger partial charge in [0.15, 0.2) is 0 Å². The van der Waals surface area contributed by atoms with Gasteiger partial charge in [-0.2, -0.15) is 0 Å². The van der Waals surface area contributed by atoms with Crippen molar-refractivity contribution in [3.63, 3.8) is 0 Å². The van der Waals surface area contributed by atoms with Gasteiger partial charge in [0.25, 0.3) is 0 Å². The largest absolute Gasteiger partial charge is 0.457 e. The molecular formula is C53H44N4O. The molecule has 1 aliphatic rings. The van der Waals surface area contributed by atoms with Gasteiger partial charge in [-0.05, 0) is 83.1 Å². The van der Waals surface area contributed by atoms with Gasteiger partial charge in [-0.15, -0.1) is 0 Å². The van der Waals surface area contributed by atoms with E-state index in [9.17, 15) is 0 Å². The lowest BCUT2D eigenvalue weighted by Gasteiger charge is -2.27. The highest BCUT2D eigenvalue weighted by atomic mass is 16.5. The van der Waals surface area contributed by atoms with Gasteiger partial charge in [0, 0.05) is 45.9 Å². The lowest BCUT2D eigenvalue weighted by Crippen LogP contribution is -2.24. The number of pyridine rings is 1. The van der Waals surface area contributed by atoms with Crippen molar-refractivity contribution in [2.75, 3.05) is 16.5 Å². The minimum absolute atomic E-state index is 0.169. The average molecular weight is 753 g/mol. The van der Waals surface area contributed by atoms with Gasteiger partial charge in [0.1, 0.15) is 24.0 Å². The van der Waals surface area contributed by atoms with Crippen LogP contribution in [0.1, 0.15) is 26.3 Å². The highest BCUT2D eigenvalue weighted by Gasteiger charge is 2.31. The van der Waals surface area contributed by atoms with E-state index in [0.717, 1.165) is 51.8 Å². The average Bonchev–Trinajstić information content (AvgIpc) is 3.80. The predicted octanol–water partition coefficient (Wildman–Crippen LogP) is 14.1. The fourth-order valence-corrected chi connectivity index (χ4v) is 8.58. The fourth-order valence-electron chi connectivity index (χ4n) is 8.58. The van der Waals surface area contributed by atoms with Gasteiger partial charge in [0.05, 0.1) is 28.1 Å². The Labute approximate surface area is 340 Å². The Kier molecular flexibility index (Phi) is 8.79. The van der Waals surface area contributed by atoms with Gasteiger partial charge in [-0.3, -0.25) is 4.57 Å². The monoisotopic (exact) mass is 752 g/mol. The van der Waals surface area contributed by atoms with Gasteiger partial charge in [0.2, 0.25) is 0 Å². The normalized spacial score (nSPS) is 12.7. The van der Waals surface area contributed by atoms with E-state index in [4.69, 9.17) is 9.72 Å². The molecule has 0 aliphatic carbocycles. The zero-order chi connectivity index (χ0) is 39.2. The van der Waals surface area contributed by atoms with Crippen LogP contribution in [0.25, 0.3) is 49.9 Å². The highest BCUT2D eigenvalue weighted by Crippen LogP contribution is 2.50. The Morgan fingerprint density at radius 2 is 1.16 bits per heavy atom. The summed E-state index contributed by atoms with van der Waals surface area (Å²) < 4.78 is 9.01. The summed E-state index contributed by atoms with van der Waals surface area (Å²) in [5.41, 5.74) is 12.9. The molecule has 0 amide bonds. The Hall–Kier alpha value is -7.11. The highest BCUT2D eigenvalue weighted by molar-refractivity contribution is 6.09. The molecular weight excluding hydrogens is 709 g/mol. The predicted molar refractivity (Wildman–Crippen MR) is 241 cm³/mol. The summed E-state index contributed by atoms with van der Waals surface area (Å²) in [6, 6.07) is 64.6. The molecule has 3 heterocycles. The van der Waals surface area contributed by atoms with Crippen molar-refractivity contribution in [3.05, 3.63) is 194 Å². The maximum atomic E-state index is 6.74. The van der Waals surface area contributed by atoms with E-state index >= 15 is 0 Å². The van der Waals surface area contributed by atoms with Gasteiger partial charge in [-0.25, -0.2) is 4.98 Å². The number of fused-ring (bicyclic) bond motifs is 4. The van der Waals surface area contributed by atoms with Crippen molar-refractivity contribution >= 4 is 44.6 Å². The molecule has 2 aromatic heterocycles. The van der Waals surface area contributed by atoms with E-state index in [1.54, 1.807) is 0 Å². The summed E-state index contributed by atoms with van der Waals surface area (Å²) in [5, 5.41) is 2.36. The molecule has 9 aromatic rings. The van der Waals surface area contributed by atoms with E-state index in [1.165, 1.54) is 44.3 Å². The maximum Gasteiger partial charge on any atom is 0.137 e. The van der Waals surface area contributed by atoms with Crippen LogP contribution in [0.3, 0.4) is 0 Å². The Morgan fingerprint density at radius 1 is 0.534 bits per heavy atom. The van der Waals surface area contributed by atoms with Crippen LogP contribution in [0, 0.1) is 5.41 Å². The smallest absolute Gasteiger partial charge is 0.137 e. The minimum atomic E-state index is 0.169. The summed E-state index contributed by atoms with van der Waals surface area (Å²) in [7, 11) is 0. The van der Waals surface area contributed by atoms with E-state index in [-0.39, 0.29) is 5.41 Å². The van der Waals surface area contributed by atoms with Crippen molar-refractivity contribution in [2.24, 2.45) is 5.41 Å². The van der Waals surface area contributed by atoms with E-state index < -0.39 is 0 Å². The summed E-state index contributed by atoms with van der Waals surface area (Å²) in [5.74, 6) is 2.45. The van der Waals surface area contributed by atoms with Crippen molar-refractivity contribution in [3.8, 4) is 39.6 Å². The van der Waals surface area contributed by atoms with Crippen molar-refractivity contribution in [1.82, 2.24) is 9.55 Å². The molecule has 0 fully saturated rings. The second-order valence-corrected chi connectivity index (χ2v) is 16.3. The molecule has 0 radical (unpaired) electrons. The van der Waals surface area contributed by atoms with Gasteiger partial charge >= 0.3 is 0 Å². The Morgan fingerprint density at radius 3 is 1.88 bits per heavy atom. The number of nitrogens with zero attached hydrogens (tertiary/aromatic N) is 4. The Balaban J connectivity index is 1.02. The number of hydrogen-bond donors (Lipinski definition) is 0. The molecule has 7 aromatic carbocycles. The van der Waals surface area contributed by atoms with Crippen molar-refractivity contribution < 1.29 is 4.74 Å². The van der Waals surface area contributed by atoms with E-state index in [1.807, 2.05) is 12.3 Å². The third-order valence-electron chi connectivity index (χ3n) is 11.0. The molecule has 10 rings (SSSR count). The van der Waals surface area contributed by atoms with Crippen LogP contribution in [-0.4, -0.2) is 16.2 Å². The van der Waals surface area contributed by atoms with Crippen molar-refractivity contribution in [1.29, 1.82) is 0 Å². The summed E-state index contributed by atoms with van der Waals surface area (Å²) >= 11 is 0.